The van der Waals surface area contributed by atoms with E-state index in [0.717, 1.165) is 15.3 Å². The highest BCUT2D eigenvalue weighted by molar-refractivity contribution is 7.19. The molecule has 0 saturated carbocycles. The number of hydrogen-bond donors (Lipinski definition) is 2. The second-order valence-corrected chi connectivity index (χ2v) is 6.12. The van der Waals surface area contributed by atoms with Crippen LogP contribution in [-0.2, 0) is 16.1 Å². The van der Waals surface area contributed by atoms with Crippen LogP contribution in [-0.4, -0.2) is 32.7 Å². The first-order chi connectivity index (χ1) is 10.2. The van der Waals surface area contributed by atoms with Gasteiger partial charge >= 0.3 is 0 Å². The second kappa shape index (κ2) is 8.34. The molecule has 0 aliphatic carbocycles. The van der Waals surface area contributed by atoms with Gasteiger partial charge in [0.1, 0.15) is 0 Å². The van der Waals surface area contributed by atoms with E-state index >= 15 is 0 Å². The van der Waals surface area contributed by atoms with Gasteiger partial charge < -0.3 is 15.4 Å². The van der Waals surface area contributed by atoms with Crippen LogP contribution in [0.15, 0.2) is 24.3 Å². The standard InChI is InChI=1S/C15H19ClN2O2S/c1-20-9-8-18-14(19)6-7-17-10-13-15(16)11-4-2-3-5-12(11)21-13/h2-5,17H,6-10H2,1H3,(H,18,19). The Hall–Kier alpha value is -1.14. The lowest BCUT2D eigenvalue weighted by atomic mass is 10.2. The van der Waals surface area contributed by atoms with Gasteiger partial charge in [0.25, 0.3) is 0 Å². The van der Waals surface area contributed by atoms with Gasteiger partial charge in [-0.1, -0.05) is 29.8 Å². The Morgan fingerprint density at radius 1 is 1.33 bits per heavy atom. The Kier molecular flexibility index (Phi) is 6.45. The number of benzene rings is 1. The monoisotopic (exact) mass is 326 g/mol. The van der Waals surface area contributed by atoms with Crippen molar-refractivity contribution in [3.8, 4) is 0 Å². The van der Waals surface area contributed by atoms with E-state index in [1.54, 1.807) is 18.4 Å². The summed E-state index contributed by atoms with van der Waals surface area (Å²) in [7, 11) is 1.61. The van der Waals surface area contributed by atoms with E-state index in [-0.39, 0.29) is 5.91 Å². The smallest absolute Gasteiger partial charge is 0.221 e. The average molecular weight is 327 g/mol. The quantitative estimate of drug-likeness (QED) is 0.733. The first-order valence-corrected chi connectivity index (χ1v) is 8.04. The van der Waals surface area contributed by atoms with Gasteiger partial charge in [0.2, 0.25) is 5.91 Å². The molecule has 0 radical (unpaired) electrons. The molecule has 2 N–H and O–H groups in total. The van der Waals surface area contributed by atoms with Crippen molar-refractivity contribution >= 4 is 38.9 Å². The Morgan fingerprint density at radius 3 is 2.90 bits per heavy atom. The SMILES string of the molecule is COCCNC(=O)CCNCc1sc2ccccc2c1Cl. The fraction of sp³-hybridized carbons (Fsp3) is 0.400. The summed E-state index contributed by atoms with van der Waals surface area (Å²) in [6.07, 6.45) is 0.451. The summed E-state index contributed by atoms with van der Waals surface area (Å²) in [4.78, 5) is 12.6. The summed E-state index contributed by atoms with van der Waals surface area (Å²) in [5, 5.41) is 7.95. The fourth-order valence-electron chi connectivity index (χ4n) is 1.96. The van der Waals surface area contributed by atoms with Gasteiger partial charge in [0.05, 0.1) is 11.6 Å². The second-order valence-electron chi connectivity index (χ2n) is 4.60. The number of rotatable bonds is 8. The summed E-state index contributed by atoms with van der Waals surface area (Å²) < 4.78 is 6.07. The van der Waals surface area contributed by atoms with Gasteiger partial charge in [-0.15, -0.1) is 11.3 Å². The molecule has 2 aromatic rings. The average Bonchev–Trinajstić information content (AvgIpc) is 2.81. The molecule has 2 rings (SSSR count). The van der Waals surface area contributed by atoms with Crippen molar-refractivity contribution in [2.24, 2.45) is 0 Å². The van der Waals surface area contributed by atoms with Gasteiger partial charge in [-0.2, -0.15) is 0 Å². The maximum absolute atomic E-state index is 11.5. The van der Waals surface area contributed by atoms with Crippen LogP contribution in [0.4, 0.5) is 0 Å². The van der Waals surface area contributed by atoms with Crippen LogP contribution < -0.4 is 10.6 Å². The third-order valence-corrected chi connectivity index (χ3v) is 4.76. The van der Waals surface area contributed by atoms with E-state index in [2.05, 4.69) is 16.7 Å². The Morgan fingerprint density at radius 2 is 2.14 bits per heavy atom. The molecule has 0 unspecified atom stereocenters. The van der Waals surface area contributed by atoms with Crippen LogP contribution in [0.3, 0.4) is 0 Å². The molecular weight excluding hydrogens is 308 g/mol. The number of halogens is 1. The summed E-state index contributed by atoms with van der Waals surface area (Å²) >= 11 is 8.05. The van der Waals surface area contributed by atoms with Gasteiger partial charge in [0.15, 0.2) is 0 Å². The maximum Gasteiger partial charge on any atom is 0.221 e. The van der Waals surface area contributed by atoms with Gasteiger partial charge in [0, 0.05) is 48.1 Å². The Balaban J connectivity index is 1.75. The first kappa shape index (κ1) is 16.2. The third-order valence-electron chi connectivity index (χ3n) is 3.04. The number of amides is 1. The molecule has 6 heteroatoms. The molecule has 0 saturated heterocycles. The van der Waals surface area contributed by atoms with E-state index in [9.17, 15) is 4.79 Å². The molecule has 0 aliphatic rings. The Bertz CT molecular complexity index is 600. The zero-order valence-corrected chi connectivity index (χ0v) is 13.5. The molecule has 0 bridgehead atoms. The summed E-state index contributed by atoms with van der Waals surface area (Å²) in [6.45, 7) is 2.40. The molecule has 21 heavy (non-hydrogen) atoms. The minimum Gasteiger partial charge on any atom is -0.383 e. The number of thiophene rings is 1. The molecule has 0 spiro atoms. The number of ether oxygens (including phenoxy) is 1. The van der Waals surface area contributed by atoms with E-state index in [0.29, 0.717) is 32.7 Å². The zero-order chi connectivity index (χ0) is 15.1. The number of methoxy groups -OCH3 is 1. The molecule has 0 fully saturated rings. The lowest BCUT2D eigenvalue weighted by Gasteiger charge is -2.05. The molecule has 0 atom stereocenters. The summed E-state index contributed by atoms with van der Waals surface area (Å²) in [6, 6.07) is 8.10. The van der Waals surface area contributed by atoms with E-state index in [1.165, 1.54) is 4.70 Å². The molecule has 114 valence electrons. The molecule has 1 aromatic carbocycles. The zero-order valence-electron chi connectivity index (χ0n) is 11.9. The van der Waals surface area contributed by atoms with Crippen molar-refractivity contribution in [3.05, 3.63) is 34.2 Å². The highest BCUT2D eigenvalue weighted by Crippen LogP contribution is 2.34. The lowest BCUT2D eigenvalue weighted by molar-refractivity contribution is -0.121. The molecule has 4 nitrogen and oxygen atoms in total. The highest BCUT2D eigenvalue weighted by atomic mass is 35.5. The number of carbonyl (C=O) groups excluding carboxylic acids is 1. The van der Waals surface area contributed by atoms with Gasteiger partial charge in [-0.05, 0) is 6.07 Å². The minimum atomic E-state index is 0.0296. The summed E-state index contributed by atoms with van der Waals surface area (Å²) in [5.41, 5.74) is 0. The first-order valence-electron chi connectivity index (χ1n) is 6.84. The van der Waals surface area contributed by atoms with Crippen molar-refractivity contribution in [1.29, 1.82) is 0 Å². The van der Waals surface area contributed by atoms with Crippen molar-refractivity contribution in [2.45, 2.75) is 13.0 Å². The predicted molar refractivity (Wildman–Crippen MR) is 88.0 cm³/mol. The minimum absolute atomic E-state index is 0.0296. The fourth-order valence-corrected chi connectivity index (χ4v) is 3.43. The number of carbonyl (C=O) groups is 1. The largest absolute Gasteiger partial charge is 0.383 e. The van der Waals surface area contributed by atoms with Crippen LogP contribution in [0.1, 0.15) is 11.3 Å². The lowest BCUT2D eigenvalue weighted by Crippen LogP contribution is -2.29. The number of fused-ring (bicyclic) bond motifs is 1. The van der Waals surface area contributed by atoms with Gasteiger partial charge in [-0.25, -0.2) is 0 Å². The molecular formula is C15H19ClN2O2S. The van der Waals surface area contributed by atoms with Crippen molar-refractivity contribution < 1.29 is 9.53 Å². The van der Waals surface area contributed by atoms with Crippen LogP contribution in [0.5, 0.6) is 0 Å². The van der Waals surface area contributed by atoms with Crippen molar-refractivity contribution in [2.75, 3.05) is 26.8 Å². The maximum atomic E-state index is 11.5. The Labute approximate surface area is 133 Å². The van der Waals surface area contributed by atoms with E-state index in [4.69, 9.17) is 16.3 Å². The van der Waals surface area contributed by atoms with E-state index < -0.39 is 0 Å². The van der Waals surface area contributed by atoms with Crippen molar-refractivity contribution in [1.82, 2.24) is 10.6 Å². The van der Waals surface area contributed by atoms with E-state index in [1.807, 2.05) is 18.2 Å². The van der Waals surface area contributed by atoms with Crippen LogP contribution >= 0.6 is 22.9 Å². The van der Waals surface area contributed by atoms with Crippen molar-refractivity contribution in [3.63, 3.8) is 0 Å². The van der Waals surface area contributed by atoms with Crippen LogP contribution in [0, 0.1) is 0 Å². The number of nitrogens with one attached hydrogen (secondary N) is 2. The molecule has 1 aromatic heterocycles. The summed E-state index contributed by atoms with van der Waals surface area (Å²) in [5.74, 6) is 0.0296. The third kappa shape index (κ3) is 4.68. The topological polar surface area (TPSA) is 50.4 Å². The number of hydrogen-bond acceptors (Lipinski definition) is 4. The van der Waals surface area contributed by atoms with Gasteiger partial charge in [-0.3, -0.25) is 4.79 Å². The predicted octanol–water partition coefficient (Wildman–Crippen LogP) is 2.80. The normalized spacial score (nSPS) is 11.0. The van der Waals surface area contributed by atoms with Crippen LogP contribution in [0.2, 0.25) is 5.02 Å². The molecule has 1 heterocycles. The highest BCUT2D eigenvalue weighted by Gasteiger charge is 2.09. The van der Waals surface area contributed by atoms with Crippen LogP contribution in [0.25, 0.3) is 10.1 Å². The molecule has 1 amide bonds. The molecule has 0 aliphatic heterocycles.